The molecule has 3 heteroatoms. The Morgan fingerprint density at radius 1 is 1.50 bits per heavy atom. The van der Waals surface area contributed by atoms with Gasteiger partial charge in [-0.2, -0.15) is 0 Å². The molecule has 0 atom stereocenters. The van der Waals surface area contributed by atoms with Gasteiger partial charge in [-0.25, -0.2) is 0 Å². The SMILES string of the molecule is CC1(C)Cc2c(C=O)ccc(O)c2O1. The molecule has 0 radical (unpaired) electrons. The van der Waals surface area contributed by atoms with Crippen LogP contribution < -0.4 is 4.74 Å². The summed E-state index contributed by atoms with van der Waals surface area (Å²) >= 11 is 0. The van der Waals surface area contributed by atoms with Crippen molar-refractivity contribution in [2.75, 3.05) is 0 Å². The Bertz CT molecular complexity index is 394. The smallest absolute Gasteiger partial charge is 0.165 e. The maximum Gasteiger partial charge on any atom is 0.165 e. The van der Waals surface area contributed by atoms with Crippen LogP contribution in [0.1, 0.15) is 29.8 Å². The molecule has 0 spiro atoms. The second-order valence-corrected chi connectivity index (χ2v) is 4.14. The summed E-state index contributed by atoms with van der Waals surface area (Å²) in [6.45, 7) is 3.86. The molecular formula is C11H12O3. The van der Waals surface area contributed by atoms with Gasteiger partial charge in [0.15, 0.2) is 11.5 Å². The van der Waals surface area contributed by atoms with E-state index in [-0.39, 0.29) is 11.4 Å². The summed E-state index contributed by atoms with van der Waals surface area (Å²) in [6, 6.07) is 3.11. The Kier molecular flexibility index (Phi) is 1.77. The molecule has 1 aromatic carbocycles. The zero-order valence-corrected chi connectivity index (χ0v) is 8.20. The highest BCUT2D eigenvalue weighted by atomic mass is 16.5. The molecule has 14 heavy (non-hydrogen) atoms. The first kappa shape index (κ1) is 9.06. The standard InChI is InChI=1S/C11H12O3/c1-11(2)5-8-7(6-12)3-4-9(13)10(8)14-11/h3-4,6,13H,5H2,1-2H3. The predicted octanol–water partition coefficient (Wildman–Crippen LogP) is 1.92. The van der Waals surface area contributed by atoms with Crippen LogP contribution in [0.3, 0.4) is 0 Å². The molecule has 1 aliphatic rings. The summed E-state index contributed by atoms with van der Waals surface area (Å²) in [4.78, 5) is 10.8. The van der Waals surface area contributed by atoms with E-state index in [1.807, 2.05) is 13.8 Å². The molecular weight excluding hydrogens is 180 g/mol. The number of rotatable bonds is 1. The first-order valence-electron chi connectivity index (χ1n) is 4.52. The van der Waals surface area contributed by atoms with Crippen molar-refractivity contribution >= 4 is 6.29 Å². The quantitative estimate of drug-likeness (QED) is 0.691. The largest absolute Gasteiger partial charge is 0.504 e. The normalized spacial score (nSPS) is 17.3. The molecule has 1 aliphatic heterocycles. The van der Waals surface area contributed by atoms with E-state index in [1.165, 1.54) is 6.07 Å². The van der Waals surface area contributed by atoms with Crippen LogP contribution in [0.25, 0.3) is 0 Å². The van der Waals surface area contributed by atoms with Gasteiger partial charge in [-0.1, -0.05) is 0 Å². The summed E-state index contributed by atoms with van der Waals surface area (Å²) in [5, 5.41) is 9.54. The number of carbonyl (C=O) groups is 1. The highest BCUT2D eigenvalue weighted by Crippen LogP contribution is 2.42. The average Bonchev–Trinajstić information content (AvgIpc) is 2.42. The molecule has 0 amide bonds. The van der Waals surface area contributed by atoms with Crippen LogP contribution in [0.15, 0.2) is 12.1 Å². The van der Waals surface area contributed by atoms with Crippen molar-refractivity contribution in [2.24, 2.45) is 0 Å². The Labute approximate surface area is 82.3 Å². The Morgan fingerprint density at radius 3 is 2.86 bits per heavy atom. The van der Waals surface area contributed by atoms with Gasteiger partial charge in [0.2, 0.25) is 0 Å². The lowest BCUT2D eigenvalue weighted by atomic mass is 9.98. The molecule has 3 nitrogen and oxygen atoms in total. The molecule has 0 saturated carbocycles. The molecule has 0 fully saturated rings. The third-order valence-corrected chi connectivity index (χ3v) is 2.38. The lowest BCUT2D eigenvalue weighted by molar-refractivity contribution is 0.112. The fraction of sp³-hybridized carbons (Fsp3) is 0.364. The van der Waals surface area contributed by atoms with Crippen molar-refractivity contribution in [2.45, 2.75) is 25.9 Å². The van der Waals surface area contributed by atoms with E-state index < -0.39 is 0 Å². The molecule has 0 bridgehead atoms. The summed E-state index contributed by atoms with van der Waals surface area (Å²) in [5.74, 6) is 0.566. The first-order chi connectivity index (χ1) is 6.53. The van der Waals surface area contributed by atoms with Crippen molar-refractivity contribution in [3.63, 3.8) is 0 Å². The van der Waals surface area contributed by atoms with Crippen LogP contribution in [0.5, 0.6) is 11.5 Å². The van der Waals surface area contributed by atoms with E-state index in [0.29, 0.717) is 17.7 Å². The number of phenols is 1. The lowest BCUT2D eigenvalue weighted by Crippen LogP contribution is -2.24. The predicted molar refractivity (Wildman–Crippen MR) is 51.9 cm³/mol. The number of hydrogen-bond donors (Lipinski definition) is 1. The third-order valence-electron chi connectivity index (χ3n) is 2.38. The first-order valence-corrected chi connectivity index (χ1v) is 4.52. The number of aldehydes is 1. The minimum Gasteiger partial charge on any atom is -0.504 e. The van der Waals surface area contributed by atoms with E-state index in [9.17, 15) is 9.90 Å². The topological polar surface area (TPSA) is 46.5 Å². The summed E-state index contributed by atoms with van der Waals surface area (Å²) in [7, 11) is 0. The van der Waals surface area contributed by atoms with Gasteiger partial charge in [-0.3, -0.25) is 4.79 Å². The van der Waals surface area contributed by atoms with E-state index in [0.717, 1.165) is 11.8 Å². The Morgan fingerprint density at radius 2 is 2.21 bits per heavy atom. The van der Waals surface area contributed by atoms with E-state index in [1.54, 1.807) is 6.07 Å². The van der Waals surface area contributed by atoms with Crippen LogP contribution in [0.4, 0.5) is 0 Å². The number of benzene rings is 1. The minimum atomic E-state index is -0.334. The monoisotopic (exact) mass is 192 g/mol. The highest BCUT2D eigenvalue weighted by Gasteiger charge is 2.33. The Balaban J connectivity index is 2.58. The van der Waals surface area contributed by atoms with Crippen LogP contribution in [-0.2, 0) is 6.42 Å². The van der Waals surface area contributed by atoms with Crippen molar-refractivity contribution in [3.8, 4) is 11.5 Å². The molecule has 1 aromatic rings. The van der Waals surface area contributed by atoms with E-state index in [2.05, 4.69) is 0 Å². The van der Waals surface area contributed by atoms with Gasteiger partial charge in [0.1, 0.15) is 11.9 Å². The molecule has 0 unspecified atom stereocenters. The number of fused-ring (bicyclic) bond motifs is 1. The fourth-order valence-corrected chi connectivity index (χ4v) is 1.78. The van der Waals surface area contributed by atoms with Gasteiger partial charge in [0.05, 0.1) is 0 Å². The van der Waals surface area contributed by atoms with Crippen molar-refractivity contribution < 1.29 is 14.6 Å². The number of aromatic hydroxyl groups is 1. The maximum atomic E-state index is 10.8. The van der Waals surface area contributed by atoms with Crippen LogP contribution in [0, 0.1) is 0 Å². The molecule has 0 saturated heterocycles. The zero-order valence-electron chi connectivity index (χ0n) is 8.20. The molecule has 1 N–H and O–H groups in total. The molecule has 0 aliphatic carbocycles. The van der Waals surface area contributed by atoms with Crippen molar-refractivity contribution in [1.82, 2.24) is 0 Å². The lowest BCUT2D eigenvalue weighted by Gasteiger charge is -2.16. The maximum absolute atomic E-state index is 10.8. The number of carbonyl (C=O) groups excluding carboxylic acids is 1. The van der Waals surface area contributed by atoms with E-state index >= 15 is 0 Å². The van der Waals surface area contributed by atoms with E-state index in [4.69, 9.17) is 4.74 Å². The van der Waals surface area contributed by atoms with Crippen LogP contribution in [0.2, 0.25) is 0 Å². The van der Waals surface area contributed by atoms with Crippen molar-refractivity contribution in [1.29, 1.82) is 0 Å². The van der Waals surface area contributed by atoms with Gasteiger partial charge in [0.25, 0.3) is 0 Å². The Hall–Kier alpha value is -1.51. The molecule has 2 rings (SSSR count). The second-order valence-electron chi connectivity index (χ2n) is 4.14. The highest BCUT2D eigenvalue weighted by molar-refractivity contribution is 5.80. The van der Waals surface area contributed by atoms with Crippen molar-refractivity contribution in [3.05, 3.63) is 23.3 Å². The number of hydrogen-bond acceptors (Lipinski definition) is 3. The van der Waals surface area contributed by atoms with Crippen LogP contribution in [-0.4, -0.2) is 17.0 Å². The van der Waals surface area contributed by atoms with Gasteiger partial charge >= 0.3 is 0 Å². The van der Waals surface area contributed by atoms with Crippen LogP contribution >= 0.6 is 0 Å². The summed E-state index contributed by atoms with van der Waals surface area (Å²) in [6.07, 6.45) is 1.45. The molecule has 1 heterocycles. The number of ether oxygens (including phenoxy) is 1. The molecule has 0 aromatic heterocycles. The van der Waals surface area contributed by atoms with Gasteiger partial charge in [0, 0.05) is 17.5 Å². The van der Waals surface area contributed by atoms with Gasteiger partial charge < -0.3 is 9.84 Å². The summed E-state index contributed by atoms with van der Waals surface area (Å²) in [5.41, 5.74) is 1.08. The van der Waals surface area contributed by atoms with Gasteiger partial charge in [-0.05, 0) is 26.0 Å². The van der Waals surface area contributed by atoms with Gasteiger partial charge in [-0.15, -0.1) is 0 Å². The second kappa shape index (κ2) is 2.74. The summed E-state index contributed by atoms with van der Waals surface area (Å²) < 4.78 is 5.56. The fourth-order valence-electron chi connectivity index (χ4n) is 1.78. The third kappa shape index (κ3) is 1.25. The average molecular weight is 192 g/mol. The zero-order chi connectivity index (χ0) is 10.3. The number of phenolic OH excluding ortho intramolecular Hbond substituents is 1. The molecule has 74 valence electrons. The minimum absolute atomic E-state index is 0.108.